The molecule has 2 aromatic rings. The van der Waals surface area contributed by atoms with Crippen molar-refractivity contribution in [1.29, 1.82) is 0 Å². The van der Waals surface area contributed by atoms with Gasteiger partial charge in [0.15, 0.2) is 9.84 Å². The molecule has 0 amide bonds. The van der Waals surface area contributed by atoms with Gasteiger partial charge in [0.1, 0.15) is 0 Å². The van der Waals surface area contributed by atoms with Crippen molar-refractivity contribution in [2.75, 3.05) is 36.9 Å². The van der Waals surface area contributed by atoms with Gasteiger partial charge in [-0.2, -0.15) is 20.5 Å². The molecule has 0 radical (unpaired) electrons. The Labute approximate surface area is 180 Å². The summed E-state index contributed by atoms with van der Waals surface area (Å²) in [5.74, 6) is 2.50. The minimum absolute atomic E-state index is 0.204. The average molecular weight is 459 g/mol. The molecule has 9 heteroatoms. The Morgan fingerprint density at radius 1 is 1.23 bits per heavy atom. The molecule has 2 aliphatic heterocycles. The van der Waals surface area contributed by atoms with E-state index in [1.54, 1.807) is 12.1 Å². The number of alkyl halides is 2. The van der Waals surface area contributed by atoms with Crippen molar-refractivity contribution in [1.82, 2.24) is 9.88 Å². The Hall–Kier alpha value is -1.16. The topological polar surface area (TPSA) is 62.4 Å². The molecule has 0 unspecified atom stereocenters. The first-order valence-electron chi connectivity index (χ1n) is 10.5. The molecule has 30 heavy (non-hydrogen) atoms. The molecule has 2 fully saturated rings. The third-order valence-corrected chi connectivity index (χ3v) is 9.07. The van der Waals surface area contributed by atoms with E-state index in [9.17, 15) is 17.2 Å². The zero-order chi connectivity index (χ0) is 21.1. The van der Waals surface area contributed by atoms with Crippen LogP contribution in [0.2, 0.25) is 0 Å². The second-order valence-corrected chi connectivity index (χ2v) is 11.4. The van der Waals surface area contributed by atoms with Crippen molar-refractivity contribution in [3.05, 3.63) is 30.0 Å². The van der Waals surface area contributed by atoms with Gasteiger partial charge in [-0.15, -0.1) is 0 Å². The molecule has 1 aromatic carbocycles. The Morgan fingerprint density at radius 2 is 2.03 bits per heavy atom. The molecule has 1 aromatic heterocycles. The van der Waals surface area contributed by atoms with Crippen LogP contribution in [0.1, 0.15) is 24.8 Å². The maximum absolute atomic E-state index is 13.3. The van der Waals surface area contributed by atoms with Crippen molar-refractivity contribution in [2.45, 2.75) is 43.3 Å². The van der Waals surface area contributed by atoms with Gasteiger partial charge in [0.25, 0.3) is 0 Å². The van der Waals surface area contributed by atoms with Gasteiger partial charge in [-0.05, 0) is 60.8 Å². The van der Waals surface area contributed by atoms with E-state index in [1.807, 2.05) is 24.0 Å². The number of ether oxygens (including phenoxy) is 1. The van der Waals surface area contributed by atoms with E-state index in [0.29, 0.717) is 37.4 Å². The predicted octanol–water partition coefficient (Wildman–Crippen LogP) is 3.94. The summed E-state index contributed by atoms with van der Waals surface area (Å²) in [4.78, 5) is 5.72. The fraction of sp³-hybridized carbons (Fsp3) is 0.619. The molecular weight excluding hydrogens is 430 g/mol. The molecule has 3 heterocycles. The minimum Gasteiger partial charge on any atom is -0.361 e. The number of halogens is 2. The first-order chi connectivity index (χ1) is 14.4. The van der Waals surface area contributed by atoms with E-state index < -0.39 is 22.6 Å². The molecule has 0 aliphatic carbocycles. The Bertz CT molecular complexity index is 958. The van der Waals surface area contributed by atoms with Gasteiger partial charge < -0.3 is 14.6 Å². The highest BCUT2D eigenvalue weighted by Gasteiger charge is 2.28. The summed E-state index contributed by atoms with van der Waals surface area (Å²) in [6.45, 7) is -0.856. The van der Waals surface area contributed by atoms with Crippen LogP contribution < -0.4 is 0 Å². The van der Waals surface area contributed by atoms with Gasteiger partial charge in [0.2, 0.25) is 0 Å². The van der Waals surface area contributed by atoms with Crippen molar-refractivity contribution in [3.63, 3.8) is 0 Å². The molecule has 0 bridgehead atoms. The van der Waals surface area contributed by atoms with Crippen molar-refractivity contribution >= 4 is 32.5 Å². The highest BCUT2D eigenvalue weighted by Crippen LogP contribution is 2.31. The Morgan fingerprint density at radius 3 is 2.80 bits per heavy atom. The third kappa shape index (κ3) is 5.18. The minimum atomic E-state index is -3.38. The molecule has 1 atom stereocenters. The number of hydrogen-bond donors (Lipinski definition) is 1. The van der Waals surface area contributed by atoms with Gasteiger partial charge in [0, 0.05) is 36.7 Å². The number of aromatic amines is 1. The molecule has 0 spiro atoms. The Kier molecular flexibility index (Phi) is 7.01. The van der Waals surface area contributed by atoms with Crippen LogP contribution in [0.4, 0.5) is 8.78 Å². The van der Waals surface area contributed by atoms with Crippen LogP contribution >= 0.6 is 11.8 Å². The number of rotatable bonds is 8. The SMILES string of the molecule is O=S(=O)(CC1CCSCC1)c1cccc2[nH]cc(CCN3CC[C@H](OC(F)F)C3)c12. The highest BCUT2D eigenvalue weighted by atomic mass is 32.2. The lowest BCUT2D eigenvalue weighted by atomic mass is 10.1. The summed E-state index contributed by atoms with van der Waals surface area (Å²) in [7, 11) is -3.38. The number of H-pyrrole nitrogens is 1. The first-order valence-corrected chi connectivity index (χ1v) is 13.3. The molecule has 4 rings (SSSR count). The molecule has 166 valence electrons. The molecule has 2 aliphatic rings. The van der Waals surface area contributed by atoms with E-state index in [-0.39, 0.29) is 11.7 Å². The van der Waals surface area contributed by atoms with E-state index >= 15 is 0 Å². The van der Waals surface area contributed by atoms with Crippen LogP contribution in [-0.4, -0.2) is 67.9 Å². The molecule has 0 saturated carbocycles. The molecule has 1 N–H and O–H groups in total. The van der Waals surface area contributed by atoms with Crippen LogP contribution in [0.3, 0.4) is 0 Å². The summed E-state index contributed by atoms with van der Waals surface area (Å²) in [6, 6.07) is 5.41. The van der Waals surface area contributed by atoms with E-state index in [1.165, 1.54) is 0 Å². The number of hydrogen-bond acceptors (Lipinski definition) is 5. The summed E-state index contributed by atoms with van der Waals surface area (Å²) in [5, 5.41) is 0.780. The molecule has 2 saturated heterocycles. The predicted molar refractivity (Wildman–Crippen MR) is 116 cm³/mol. The lowest BCUT2D eigenvalue weighted by Crippen LogP contribution is -2.26. The average Bonchev–Trinajstić information content (AvgIpc) is 3.32. The number of nitrogens with one attached hydrogen (secondary N) is 1. The number of likely N-dealkylation sites (tertiary alicyclic amines) is 1. The van der Waals surface area contributed by atoms with Gasteiger partial charge in [-0.25, -0.2) is 8.42 Å². The third-order valence-electron chi connectivity index (χ3n) is 6.10. The lowest BCUT2D eigenvalue weighted by Gasteiger charge is -2.21. The quantitative estimate of drug-likeness (QED) is 0.649. The van der Waals surface area contributed by atoms with E-state index in [4.69, 9.17) is 0 Å². The zero-order valence-corrected chi connectivity index (χ0v) is 18.5. The summed E-state index contributed by atoms with van der Waals surface area (Å²) in [6.07, 6.45) is 4.61. The van der Waals surface area contributed by atoms with Crippen LogP contribution in [0, 0.1) is 5.92 Å². The monoisotopic (exact) mass is 458 g/mol. The number of aromatic nitrogens is 1. The summed E-state index contributed by atoms with van der Waals surface area (Å²) >= 11 is 1.89. The van der Waals surface area contributed by atoms with Gasteiger partial charge in [-0.1, -0.05) is 6.07 Å². The van der Waals surface area contributed by atoms with Gasteiger partial charge >= 0.3 is 6.61 Å². The van der Waals surface area contributed by atoms with Crippen LogP contribution in [0.15, 0.2) is 29.3 Å². The van der Waals surface area contributed by atoms with E-state index in [2.05, 4.69) is 14.6 Å². The number of sulfone groups is 1. The maximum atomic E-state index is 13.3. The fourth-order valence-electron chi connectivity index (χ4n) is 4.52. The smallest absolute Gasteiger partial charge is 0.345 e. The standard InChI is InChI=1S/C21H28F2N2O3S2/c22-21(23)28-17-5-9-25(13-17)8-4-16-12-24-18-2-1-3-19(20(16)18)30(26,27)14-15-6-10-29-11-7-15/h1-3,12,15,17,21,24H,4-11,13-14H2/t17-/m0/s1. The fourth-order valence-corrected chi connectivity index (χ4v) is 7.70. The van der Waals surface area contributed by atoms with Crippen molar-refractivity contribution in [2.24, 2.45) is 5.92 Å². The highest BCUT2D eigenvalue weighted by molar-refractivity contribution is 7.99. The number of thioether (sulfide) groups is 1. The summed E-state index contributed by atoms with van der Waals surface area (Å²) < 4.78 is 56.0. The molecular formula is C21H28F2N2O3S2. The van der Waals surface area contributed by atoms with Crippen molar-refractivity contribution < 1.29 is 21.9 Å². The molecule has 5 nitrogen and oxygen atoms in total. The zero-order valence-electron chi connectivity index (χ0n) is 16.9. The second kappa shape index (κ2) is 9.54. The number of benzene rings is 1. The largest absolute Gasteiger partial charge is 0.361 e. The number of fused-ring (bicyclic) bond motifs is 1. The van der Waals surface area contributed by atoms with Crippen LogP contribution in [0.25, 0.3) is 10.9 Å². The van der Waals surface area contributed by atoms with Gasteiger partial charge in [0.05, 0.1) is 16.8 Å². The Balaban J connectivity index is 1.49. The van der Waals surface area contributed by atoms with Gasteiger partial charge in [-0.3, -0.25) is 0 Å². The van der Waals surface area contributed by atoms with E-state index in [0.717, 1.165) is 40.8 Å². The first kappa shape index (κ1) is 22.0. The normalized spacial score (nSPS) is 21.8. The van der Waals surface area contributed by atoms with Crippen LogP contribution in [-0.2, 0) is 21.0 Å². The maximum Gasteiger partial charge on any atom is 0.345 e. The second-order valence-electron chi connectivity index (χ2n) is 8.19. The lowest BCUT2D eigenvalue weighted by molar-refractivity contribution is -0.158. The number of nitrogens with zero attached hydrogens (tertiary/aromatic N) is 1. The van der Waals surface area contributed by atoms with Crippen molar-refractivity contribution in [3.8, 4) is 0 Å². The van der Waals surface area contributed by atoms with Crippen LogP contribution in [0.5, 0.6) is 0 Å². The summed E-state index contributed by atoms with van der Waals surface area (Å²) in [5.41, 5.74) is 1.78.